The van der Waals surface area contributed by atoms with Gasteiger partial charge in [0.25, 0.3) is 0 Å². The zero-order valence-corrected chi connectivity index (χ0v) is 11.3. The lowest BCUT2D eigenvalue weighted by molar-refractivity contribution is 0.570. The highest BCUT2D eigenvalue weighted by molar-refractivity contribution is 9.10. The molecule has 1 aromatic carbocycles. The topological polar surface area (TPSA) is 0 Å². The molecule has 1 aliphatic carbocycles. The molecule has 3 atom stereocenters. The summed E-state index contributed by atoms with van der Waals surface area (Å²) in [4.78, 5) is -0.0740. The van der Waals surface area contributed by atoms with Crippen LogP contribution in [0.4, 0.5) is 8.78 Å². The van der Waals surface area contributed by atoms with Crippen LogP contribution in [0, 0.1) is 23.5 Å². The number of rotatable bonds is 2. The van der Waals surface area contributed by atoms with Crippen molar-refractivity contribution >= 4 is 31.9 Å². The summed E-state index contributed by atoms with van der Waals surface area (Å²) in [5.74, 6) is 0.258. The molecule has 4 heteroatoms. The minimum atomic E-state index is -0.413. The quantitative estimate of drug-likeness (QED) is 0.535. The van der Waals surface area contributed by atoms with Gasteiger partial charge in [0.05, 0.1) is 4.47 Å². The summed E-state index contributed by atoms with van der Waals surface area (Å²) in [7, 11) is 0. The Labute approximate surface area is 104 Å². The van der Waals surface area contributed by atoms with Crippen molar-refractivity contribution in [2.75, 3.05) is 0 Å². The van der Waals surface area contributed by atoms with Crippen LogP contribution in [0.25, 0.3) is 0 Å². The van der Waals surface area contributed by atoms with E-state index in [4.69, 9.17) is 0 Å². The molecular weight excluding hydrogens is 330 g/mol. The Hall–Kier alpha value is 0.0400. The summed E-state index contributed by atoms with van der Waals surface area (Å²) >= 11 is 6.40. The Kier molecular flexibility index (Phi) is 3.17. The van der Waals surface area contributed by atoms with Gasteiger partial charge in [-0.1, -0.05) is 22.9 Å². The van der Waals surface area contributed by atoms with E-state index in [-0.39, 0.29) is 15.1 Å². The molecule has 0 N–H and O–H groups in total. The molecule has 1 aliphatic rings. The van der Waals surface area contributed by atoms with Gasteiger partial charge in [0.15, 0.2) is 0 Å². The minimum absolute atomic E-state index is 0.0740. The van der Waals surface area contributed by atoms with E-state index in [1.54, 1.807) is 0 Å². The Morgan fingerprint density at radius 2 is 1.93 bits per heavy atom. The summed E-state index contributed by atoms with van der Waals surface area (Å²) < 4.78 is 27.0. The van der Waals surface area contributed by atoms with Gasteiger partial charge in [0.1, 0.15) is 11.6 Å². The fourth-order valence-corrected chi connectivity index (χ4v) is 3.14. The van der Waals surface area contributed by atoms with Crippen LogP contribution in [0.2, 0.25) is 0 Å². The molecule has 82 valence electrons. The van der Waals surface area contributed by atoms with Crippen LogP contribution in [0.15, 0.2) is 16.6 Å². The first kappa shape index (κ1) is 11.5. The molecule has 0 saturated heterocycles. The Bertz CT molecular complexity index is 392. The third-order valence-corrected chi connectivity index (χ3v) is 4.66. The van der Waals surface area contributed by atoms with Crippen LogP contribution in [-0.2, 0) is 0 Å². The van der Waals surface area contributed by atoms with Crippen LogP contribution >= 0.6 is 31.9 Å². The van der Waals surface area contributed by atoms with Crippen molar-refractivity contribution in [3.8, 4) is 0 Å². The van der Waals surface area contributed by atoms with E-state index in [9.17, 15) is 8.78 Å². The fraction of sp³-hybridized carbons (Fsp3) is 0.455. The molecule has 0 aliphatic heterocycles. The lowest BCUT2D eigenvalue weighted by atomic mass is 10.1. The van der Waals surface area contributed by atoms with Crippen molar-refractivity contribution in [1.82, 2.24) is 0 Å². The Morgan fingerprint density at radius 3 is 2.47 bits per heavy atom. The van der Waals surface area contributed by atoms with Crippen molar-refractivity contribution in [2.24, 2.45) is 11.8 Å². The van der Waals surface area contributed by atoms with E-state index in [1.165, 1.54) is 12.1 Å². The maximum Gasteiger partial charge on any atom is 0.137 e. The molecule has 0 heterocycles. The third kappa shape index (κ3) is 2.26. The van der Waals surface area contributed by atoms with Gasteiger partial charge in [-0.2, -0.15) is 0 Å². The second-order valence-corrected chi connectivity index (χ2v) is 5.91. The maximum absolute atomic E-state index is 13.6. The number of alkyl halides is 1. The standard InChI is InChI=1S/C11H10Br2F2/c1-5-2-6(5)11(13)7-3-10(15)8(12)4-9(7)14/h3-6,11H,2H2,1H3. The molecule has 1 aromatic rings. The smallest absolute Gasteiger partial charge is 0.137 e. The number of benzene rings is 1. The van der Waals surface area contributed by atoms with Crippen LogP contribution in [0.3, 0.4) is 0 Å². The predicted octanol–water partition coefficient (Wildman–Crippen LogP) is 4.82. The number of hydrogen-bond acceptors (Lipinski definition) is 0. The molecular formula is C11H10Br2F2. The molecule has 0 aromatic heterocycles. The largest absolute Gasteiger partial charge is 0.207 e. The van der Waals surface area contributed by atoms with Crippen LogP contribution < -0.4 is 0 Å². The molecule has 3 unspecified atom stereocenters. The number of halogens is 4. The van der Waals surface area contributed by atoms with Crippen LogP contribution in [0.1, 0.15) is 23.7 Å². The lowest BCUT2D eigenvalue weighted by Gasteiger charge is -2.11. The van der Waals surface area contributed by atoms with Crippen molar-refractivity contribution in [1.29, 1.82) is 0 Å². The average molecular weight is 340 g/mol. The normalized spacial score (nSPS) is 26.5. The third-order valence-electron chi connectivity index (χ3n) is 2.88. The first-order chi connectivity index (χ1) is 7.00. The van der Waals surface area contributed by atoms with Gasteiger partial charge in [-0.15, -0.1) is 0 Å². The maximum atomic E-state index is 13.6. The first-order valence-electron chi connectivity index (χ1n) is 4.79. The molecule has 0 bridgehead atoms. The van der Waals surface area contributed by atoms with E-state index in [0.717, 1.165) is 6.42 Å². The van der Waals surface area contributed by atoms with E-state index in [0.29, 0.717) is 17.4 Å². The molecule has 0 radical (unpaired) electrons. The van der Waals surface area contributed by atoms with Crippen molar-refractivity contribution in [3.05, 3.63) is 33.8 Å². The summed E-state index contributed by atoms with van der Waals surface area (Å²) in [5.41, 5.74) is 0.421. The van der Waals surface area contributed by atoms with Gasteiger partial charge in [-0.3, -0.25) is 0 Å². The SMILES string of the molecule is CC1CC1C(Br)c1cc(F)c(Br)cc1F. The highest BCUT2D eigenvalue weighted by atomic mass is 79.9. The number of hydrogen-bond donors (Lipinski definition) is 0. The van der Waals surface area contributed by atoms with Crippen molar-refractivity contribution < 1.29 is 8.78 Å². The van der Waals surface area contributed by atoms with Gasteiger partial charge < -0.3 is 0 Å². The lowest BCUT2D eigenvalue weighted by Crippen LogP contribution is -1.99. The molecule has 2 rings (SSSR count). The second-order valence-electron chi connectivity index (χ2n) is 4.07. The van der Waals surface area contributed by atoms with Gasteiger partial charge in [-0.25, -0.2) is 8.78 Å². The molecule has 0 nitrogen and oxygen atoms in total. The monoisotopic (exact) mass is 338 g/mol. The average Bonchev–Trinajstić information content (AvgIpc) is 2.88. The van der Waals surface area contributed by atoms with Gasteiger partial charge in [0, 0.05) is 10.4 Å². The Balaban J connectivity index is 2.31. The molecule has 0 spiro atoms. The molecule has 1 saturated carbocycles. The molecule has 1 fully saturated rings. The fourth-order valence-electron chi connectivity index (χ4n) is 1.74. The van der Waals surface area contributed by atoms with Crippen molar-refractivity contribution in [3.63, 3.8) is 0 Å². The summed E-state index contributed by atoms with van der Waals surface area (Å²) in [6.07, 6.45) is 1.08. The van der Waals surface area contributed by atoms with Crippen LogP contribution in [0.5, 0.6) is 0 Å². The van der Waals surface area contributed by atoms with Gasteiger partial charge in [0.2, 0.25) is 0 Å². The summed E-state index contributed by atoms with van der Waals surface area (Å²) in [5, 5.41) is 0. The summed E-state index contributed by atoms with van der Waals surface area (Å²) in [6.45, 7) is 2.12. The molecule has 15 heavy (non-hydrogen) atoms. The van der Waals surface area contributed by atoms with Crippen LogP contribution in [-0.4, -0.2) is 0 Å². The van der Waals surface area contributed by atoms with E-state index in [2.05, 4.69) is 38.8 Å². The van der Waals surface area contributed by atoms with Crippen molar-refractivity contribution in [2.45, 2.75) is 18.2 Å². The summed E-state index contributed by atoms with van der Waals surface area (Å²) in [6, 6.07) is 2.45. The minimum Gasteiger partial charge on any atom is -0.207 e. The highest BCUT2D eigenvalue weighted by Gasteiger charge is 2.40. The predicted molar refractivity (Wildman–Crippen MR) is 63.0 cm³/mol. The van der Waals surface area contributed by atoms with Gasteiger partial charge in [-0.05, 0) is 46.3 Å². The van der Waals surface area contributed by atoms with Gasteiger partial charge >= 0.3 is 0 Å². The zero-order chi connectivity index (χ0) is 11.2. The molecule has 0 amide bonds. The van der Waals surface area contributed by atoms with E-state index in [1.807, 2.05) is 0 Å². The second kappa shape index (κ2) is 4.13. The van der Waals surface area contributed by atoms with E-state index < -0.39 is 5.82 Å². The Morgan fingerprint density at radius 1 is 1.33 bits per heavy atom. The highest BCUT2D eigenvalue weighted by Crippen LogP contribution is 2.51. The first-order valence-corrected chi connectivity index (χ1v) is 6.50. The van der Waals surface area contributed by atoms with E-state index >= 15 is 0 Å². The zero-order valence-electron chi connectivity index (χ0n) is 8.11.